The maximum Gasteiger partial charge on any atom is 0.205 e. The third-order valence-corrected chi connectivity index (χ3v) is 5.92. The Balaban J connectivity index is 1.87. The van der Waals surface area contributed by atoms with Crippen LogP contribution in [0.3, 0.4) is 0 Å². The predicted octanol–water partition coefficient (Wildman–Crippen LogP) is 4.18. The summed E-state index contributed by atoms with van der Waals surface area (Å²) < 4.78 is 16.9. The normalized spacial score (nSPS) is 19.9. The molecule has 4 rings (SSSR count). The molecule has 1 unspecified atom stereocenters. The fourth-order valence-corrected chi connectivity index (χ4v) is 4.30. The van der Waals surface area contributed by atoms with E-state index in [-0.39, 0.29) is 11.8 Å². The Kier molecular flexibility index (Phi) is 6.20. The third kappa shape index (κ3) is 4.08. The smallest absolute Gasteiger partial charge is 0.205 e. The van der Waals surface area contributed by atoms with Crippen LogP contribution in [0.25, 0.3) is 6.08 Å². The second kappa shape index (κ2) is 9.21. The highest BCUT2D eigenvalue weighted by Crippen LogP contribution is 2.44. The molecule has 2 aromatic carbocycles. The molecule has 2 N–H and O–H groups in total. The summed E-state index contributed by atoms with van der Waals surface area (Å²) in [6.45, 7) is 4.43. The fourth-order valence-electron chi connectivity index (χ4n) is 4.30. The van der Waals surface area contributed by atoms with E-state index in [2.05, 4.69) is 24.0 Å². The first-order chi connectivity index (χ1) is 15.6. The standard InChI is InChI=1S/C26H27N3O3/c1-4-29-15-19(11-17-7-5-9-20(12-17)30-2)25-23(16-29)24(22(14-27)26(28)32-25)18-8-6-10-21(13-18)31-3/h5-13,24H,4,15-16,28H2,1-3H3/b19-11+. The molecule has 2 aliphatic heterocycles. The molecule has 0 radical (unpaired) electrons. The zero-order valence-electron chi connectivity index (χ0n) is 18.6. The molecule has 6 nitrogen and oxygen atoms in total. The van der Waals surface area contributed by atoms with Crippen molar-refractivity contribution in [3.8, 4) is 17.6 Å². The molecule has 0 bridgehead atoms. The van der Waals surface area contributed by atoms with Crippen molar-refractivity contribution >= 4 is 6.08 Å². The van der Waals surface area contributed by atoms with Crippen molar-refractivity contribution < 1.29 is 14.2 Å². The quantitative estimate of drug-likeness (QED) is 0.768. The van der Waals surface area contributed by atoms with Gasteiger partial charge in [-0.2, -0.15) is 5.26 Å². The summed E-state index contributed by atoms with van der Waals surface area (Å²) in [4.78, 5) is 2.33. The van der Waals surface area contributed by atoms with E-state index in [0.717, 1.165) is 52.6 Å². The lowest BCUT2D eigenvalue weighted by Gasteiger charge is -2.38. The van der Waals surface area contributed by atoms with E-state index in [4.69, 9.17) is 19.9 Å². The lowest BCUT2D eigenvalue weighted by atomic mass is 9.80. The van der Waals surface area contributed by atoms with Crippen LogP contribution in [0.15, 0.2) is 76.9 Å². The van der Waals surface area contributed by atoms with Crippen molar-refractivity contribution in [2.24, 2.45) is 5.73 Å². The Labute approximate surface area is 188 Å². The number of methoxy groups -OCH3 is 2. The number of likely N-dealkylation sites (N-methyl/N-ethyl adjacent to an activating group) is 1. The van der Waals surface area contributed by atoms with Gasteiger partial charge in [-0.3, -0.25) is 4.90 Å². The molecule has 0 fully saturated rings. The summed E-state index contributed by atoms with van der Waals surface area (Å²) in [7, 11) is 3.29. The first-order valence-electron chi connectivity index (χ1n) is 10.6. The number of rotatable bonds is 5. The summed E-state index contributed by atoms with van der Waals surface area (Å²) in [6, 6.07) is 18.0. The number of nitriles is 1. The van der Waals surface area contributed by atoms with Gasteiger partial charge in [-0.1, -0.05) is 31.2 Å². The summed E-state index contributed by atoms with van der Waals surface area (Å²) in [5.74, 6) is 2.15. The van der Waals surface area contributed by atoms with Gasteiger partial charge >= 0.3 is 0 Å². The van der Waals surface area contributed by atoms with Crippen molar-refractivity contribution in [1.82, 2.24) is 4.90 Å². The summed E-state index contributed by atoms with van der Waals surface area (Å²) in [6.07, 6.45) is 2.10. The lowest BCUT2D eigenvalue weighted by molar-refractivity contribution is 0.239. The molecule has 6 heteroatoms. The summed E-state index contributed by atoms with van der Waals surface area (Å²) in [5, 5.41) is 9.93. The lowest BCUT2D eigenvalue weighted by Crippen LogP contribution is -2.38. The molecule has 0 amide bonds. The molecule has 164 valence electrons. The van der Waals surface area contributed by atoms with Gasteiger partial charge < -0.3 is 19.9 Å². The minimum Gasteiger partial charge on any atom is -0.497 e. The topological polar surface area (TPSA) is 80.7 Å². The number of nitrogens with two attached hydrogens (primary N) is 1. The Morgan fingerprint density at radius 2 is 1.84 bits per heavy atom. The number of benzene rings is 2. The number of hydrogen-bond donors (Lipinski definition) is 1. The van der Waals surface area contributed by atoms with E-state index in [1.54, 1.807) is 14.2 Å². The fraction of sp³-hybridized carbons (Fsp3) is 0.269. The van der Waals surface area contributed by atoms with Gasteiger partial charge in [-0.15, -0.1) is 0 Å². The molecule has 0 spiro atoms. The van der Waals surface area contributed by atoms with Gasteiger partial charge in [0.15, 0.2) is 0 Å². The monoisotopic (exact) mass is 429 g/mol. The molecule has 0 saturated carbocycles. The maximum absolute atomic E-state index is 9.93. The molecule has 2 heterocycles. The van der Waals surface area contributed by atoms with Crippen molar-refractivity contribution in [3.05, 3.63) is 88.0 Å². The zero-order valence-corrected chi connectivity index (χ0v) is 18.6. The highest BCUT2D eigenvalue weighted by Gasteiger charge is 2.37. The minimum absolute atomic E-state index is 0.153. The van der Waals surface area contributed by atoms with Crippen molar-refractivity contribution in [1.29, 1.82) is 5.26 Å². The summed E-state index contributed by atoms with van der Waals surface area (Å²) in [5.41, 5.74) is 10.7. The first-order valence-corrected chi connectivity index (χ1v) is 10.6. The van der Waals surface area contributed by atoms with Gasteiger partial charge in [0, 0.05) is 18.7 Å². The largest absolute Gasteiger partial charge is 0.497 e. The number of ether oxygens (including phenoxy) is 3. The Hall–Kier alpha value is -3.69. The van der Waals surface area contributed by atoms with Gasteiger partial charge in [0.05, 0.1) is 20.1 Å². The maximum atomic E-state index is 9.93. The number of hydrogen-bond acceptors (Lipinski definition) is 6. The molecule has 32 heavy (non-hydrogen) atoms. The third-order valence-electron chi connectivity index (χ3n) is 5.92. The number of nitrogens with zero attached hydrogens (tertiary/aromatic N) is 2. The van der Waals surface area contributed by atoms with Crippen LogP contribution in [-0.4, -0.2) is 38.8 Å². The van der Waals surface area contributed by atoms with Gasteiger partial charge in [-0.25, -0.2) is 0 Å². The highest BCUT2D eigenvalue weighted by atomic mass is 16.5. The molecule has 0 aliphatic carbocycles. The van der Waals surface area contributed by atoms with Gasteiger partial charge in [0.25, 0.3) is 0 Å². The van der Waals surface area contributed by atoms with Gasteiger partial charge in [0.1, 0.15) is 28.9 Å². The van der Waals surface area contributed by atoms with Crippen molar-refractivity contribution in [2.45, 2.75) is 12.8 Å². The van der Waals surface area contributed by atoms with E-state index >= 15 is 0 Å². The predicted molar refractivity (Wildman–Crippen MR) is 124 cm³/mol. The molecule has 2 aliphatic rings. The van der Waals surface area contributed by atoms with E-state index in [9.17, 15) is 5.26 Å². The Bertz CT molecular complexity index is 1160. The number of allylic oxidation sites excluding steroid dienone is 1. The summed E-state index contributed by atoms with van der Waals surface area (Å²) >= 11 is 0. The average Bonchev–Trinajstić information content (AvgIpc) is 2.83. The van der Waals surface area contributed by atoms with Crippen LogP contribution in [0.1, 0.15) is 24.0 Å². The van der Waals surface area contributed by atoms with E-state index in [0.29, 0.717) is 12.1 Å². The van der Waals surface area contributed by atoms with Crippen LogP contribution in [-0.2, 0) is 4.74 Å². The van der Waals surface area contributed by atoms with Crippen molar-refractivity contribution in [3.63, 3.8) is 0 Å². The van der Waals surface area contributed by atoms with Crippen LogP contribution >= 0.6 is 0 Å². The van der Waals surface area contributed by atoms with E-state index in [1.165, 1.54) is 0 Å². The molecule has 2 aromatic rings. The van der Waals surface area contributed by atoms with E-state index in [1.807, 2.05) is 48.5 Å². The molecular formula is C26H27N3O3. The Morgan fingerprint density at radius 1 is 1.12 bits per heavy atom. The molecular weight excluding hydrogens is 402 g/mol. The first kappa shape index (κ1) is 21.5. The zero-order chi connectivity index (χ0) is 22.7. The van der Waals surface area contributed by atoms with Gasteiger partial charge in [0.2, 0.25) is 5.88 Å². The van der Waals surface area contributed by atoms with Crippen molar-refractivity contribution in [2.75, 3.05) is 33.9 Å². The van der Waals surface area contributed by atoms with Crippen LogP contribution in [0.5, 0.6) is 11.5 Å². The highest BCUT2D eigenvalue weighted by molar-refractivity contribution is 5.64. The van der Waals surface area contributed by atoms with Crippen LogP contribution < -0.4 is 15.2 Å². The van der Waals surface area contributed by atoms with Crippen LogP contribution in [0.4, 0.5) is 0 Å². The van der Waals surface area contributed by atoms with Crippen LogP contribution in [0.2, 0.25) is 0 Å². The molecule has 1 atom stereocenters. The second-order valence-electron chi connectivity index (χ2n) is 7.81. The second-order valence-corrected chi connectivity index (χ2v) is 7.81. The van der Waals surface area contributed by atoms with E-state index < -0.39 is 0 Å². The van der Waals surface area contributed by atoms with Crippen LogP contribution in [0, 0.1) is 11.3 Å². The minimum atomic E-state index is -0.290. The Morgan fingerprint density at radius 3 is 2.53 bits per heavy atom. The molecule has 0 saturated heterocycles. The van der Waals surface area contributed by atoms with Gasteiger partial charge in [-0.05, 0) is 53.6 Å². The average molecular weight is 430 g/mol. The SMILES string of the molecule is CCN1CC2=C(OC(N)=C(C#N)C2c2cccc(OC)c2)/C(=C/c2cccc(OC)c2)C1. The molecule has 0 aromatic heterocycles.